The Kier molecular flexibility index (Phi) is 7.36. The zero-order chi connectivity index (χ0) is 15.4. The molecule has 120 valence electrons. The lowest BCUT2D eigenvalue weighted by atomic mass is 10.1. The second-order valence-corrected chi connectivity index (χ2v) is 9.33. The van der Waals surface area contributed by atoms with Crippen LogP contribution in [0.2, 0.25) is 0 Å². The molecule has 0 N–H and O–H groups in total. The first-order chi connectivity index (χ1) is 9.16. The third-order valence-corrected chi connectivity index (χ3v) is 5.40. The SMILES string of the molecule is CCCCCCC[C@H]1[C@@H](C)N1OS(=O)(=O)CC(Cl)(Cl)Cl. The molecular formula is C12H22Cl3NO3S. The van der Waals surface area contributed by atoms with Crippen molar-refractivity contribution in [1.82, 2.24) is 5.06 Å². The first-order valence-electron chi connectivity index (χ1n) is 6.93. The number of hydrogen-bond donors (Lipinski definition) is 0. The van der Waals surface area contributed by atoms with E-state index in [0.29, 0.717) is 0 Å². The molecule has 4 nitrogen and oxygen atoms in total. The number of hydroxylamine groups is 2. The first-order valence-corrected chi connectivity index (χ1v) is 9.65. The molecule has 1 saturated heterocycles. The normalized spacial score (nSPS) is 26.8. The number of nitrogens with zero attached hydrogens (tertiary/aromatic N) is 1. The zero-order valence-electron chi connectivity index (χ0n) is 11.8. The van der Waals surface area contributed by atoms with Gasteiger partial charge in [-0.25, -0.2) is 0 Å². The van der Waals surface area contributed by atoms with E-state index in [1.54, 1.807) is 0 Å². The van der Waals surface area contributed by atoms with Gasteiger partial charge in [0, 0.05) is 0 Å². The van der Waals surface area contributed by atoms with Crippen LogP contribution in [0.4, 0.5) is 0 Å². The van der Waals surface area contributed by atoms with Crippen LogP contribution in [0.3, 0.4) is 0 Å². The fourth-order valence-electron chi connectivity index (χ4n) is 2.19. The highest BCUT2D eigenvalue weighted by Gasteiger charge is 2.48. The summed E-state index contributed by atoms with van der Waals surface area (Å²) in [5.74, 6) is -0.642. The summed E-state index contributed by atoms with van der Waals surface area (Å²) in [6, 6.07) is 0.258. The van der Waals surface area contributed by atoms with Crippen LogP contribution in [-0.4, -0.2) is 35.1 Å². The van der Waals surface area contributed by atoms with Crippen molar-refractivity contribution < 1.29 is 12.7 Å². The Morgan fingerprint density at radius 1 is 1.15 bits per heavy atom. The summed E-state index contributed by atoms with van der Waals surface area (Å²) in [5.41, 5.74) is 0. The van der Waals surface area contributed by atoms with Gasteiger partial charge in [-0.1, -0.05) is 73.8 Å². The van der Waals surface area contributed by atoms with Gasteiger partial charge >= 0.3 is 0 Å². The summed E-state index contributed by atoms with van der Waals surface area (Å²) in [6.07, 6.45) is 6.88. The predicted octanol–water partition coefficient (Wildman–Crippen LogP) is 4.05. The molecule has 0 aromatic heterocycles. The van der Waals surface area contributed by atoms with Gasteiger partial charge in [0.25, 0.3) is 10.1 Å². The van der Waals surface area contributed by atoms with Crippen molar-refractivity contribution in [2.24, 2.45) is 0 Å². The second-order valence-electron chi connectivity index (χ2n) is 5.26. The average molecular weight is 367 g/mol. The van der Waals surface area contributed by atoms with Crippen LogP contribution in [0.5, 0.6) is 0 Å². The molecule has 0 aromatic rings. The molecule has 0 bridgehead atoms. The maximum atomic E-state index is 11.7. The topological polar surface area (TPSA) is 46.4 Å². The van der Waals surface area contributed by atoms with E-state index in [1.165, 1.54) is 30.7 Å². The molecule has 0 spiro atoms. The van der Waals surface area contributed by atoms with Crippen LogP contribution in [-0.2, 0) is 14.4 Å². The van der Waals surface area contributed by atoms with Gasteiger partial charge in [0.05, 0.1) is 12.1 Å². The van der Waals surface area contributed by atoms with Crippen molar-refractivity contribution in [3.63, 3.8) is 0 Å². The highest BCUT2D eigenvalue weighted by Crippen LogP contribution is 2.35. The van der Waals surface area contributed by atoms with E-state index >= 15 is 0 Å². The van der Waals surface area contributed by atoms with Gasteiger partial charge in [-0.3, -0.25) is 0 Å². The monoisotopic (exact) mass is 365 g/mol. The highest BCUT2D eigenvalue weighted by molar-refractivity contribution is 7.87. The third-order valence-electron chi connectivity index (χ3n) is 3.34. The van der Waals surface area contributed by atoms with Gasteiger partial charge in [-0.15, -0.1) is 0 Å². The molecule has 0 aromatic carbocycles. The van der Waals surface area contributed by atoms with Gasteiger partial charge in [0.2, 0.25) is 3.79 Å². The fraction of sp³-hybridized carbons (Fsp3) is 1.00. The molecule has 0 aliphatic carbocycles. The predicted molar refractivity (Wildman–Crippen MR) is 83.6 cm³/mol. The van der Waals surface area contributed by atoms with E-state index in [0.717, 1.165) is 12.8 Å². The van der Waals surface area contributed by atoms with E-state index < -0.39 is 19.7 Å². The lowest BCUT2D eigenvalue weighted by Crippen LogP contribution is -2.24. The summed E-state index contributed by atoms with van der Waals surface area (Å²) in [7, 11) is -3.85. The van der Waals surface area contributed by atoms with Gasteiger partial charge in [-0.2, -0.15) is 17.8 Å². The lowest BCUT2D eigenvalue weighted by Gasteiger charge is -2.11. The molecule has 8 heteroatoms. The molecule has 0 radical (unpaired) electrons. The molecule has 20 heavy (non-hydrogen) atoms. The summed E-state index contributed by atoms with van der Waals surface area (Å²) >= 11 is 16.4. The van der Waals surface area contributed by atoms with E-state index in [2.05, 4.69) is 6.92 Å². The maximum Gasteiger partial charge on any atom is 0.287 e. The third kappa shape index (κ3) is 7.14. The molecule has 1 heterocycles. The average Bonchev–Trinajstić information content (AvgIpc) is 2.84. The maximum absolute atomic E-state index is 11.7. The molecule has 1 unspecified atom stereocenters. The number of unbranched alkanes of at least 4 members (excludes halogenated alkanes) is 4. The molecule has 1 fully saturated rings. The Bertz CT molecular complexity index is 397. The van der Waals surface area contributed by atoms with Crippen LogP contribution in [0.15, 0.2) is 0 Å². The minimum absolute atomic E-state index is 0.103. The van der Waals surface area contributed by atoms with Crippen LogP contribution in [0.1, 0.15) is 52.4 Å². The second kappa shape index (κ2) is 7.84. The van der Waals surface area contributed by atoms with Crippen LogP contribution in [0.25, 0.3) is 0 Å². The molecule has 1 rings (SSSR count). The van der Waals surface area contributed by atoms with E-state index in [9.17, 15) is 8.42 Å². The van der Waals surface area contributed by atoms with Crippen molar-refractivity contribution in [2.75, 3.05) is 5.75 Å². The Morgan fingerprint density at radius 3 is 2.30 bits per heavy atom. The summed E-state index contributed by atoms with van der Waals surface area (Å²) in [6.45, 7) is 4.11. The van der Waals surface area contributed by atoms with Crippen molar-refractivity contribution in [1.29, 1.82) is 0 Å². The standard InChI is InChI=1S/C12H22Cl3NO3S/c1-3-4-5-6-7-8-11-10(2)16(11)19-20(17,18)9-12(13,14)15/h10-11H,3-9H2,1-2H3/t10-,11+,16?/m1/s1. The molecule has 3 atom stereocenters. The van der Waals surface area contributed by atoms with Crippen LogP contribution >= 0.6 is 34.8 Å². The van der Waals surface area contributed by atoms with Crippen molar-refractivity contribution in [3.8, 4) is 0 Å². The van der Waals surface area contributed by atoms with Crippen LogP contribution in [0, 0.1) is 0 Å². The molecular weight excluding hydrogens is 345 g/mol. The smallest absolute Gasteiger partial charge is 0.198 e. The Hall–Kier alpha value is 0.740. The summed E-state index contributed by atoms with van der Waals surface area (Å²) in [4.78, 5) is 0. The van der Waals surface area contributed by atoms with Gasteiger partial charge in [0.15, 0.2) is 0 Å². The van der Waals surface area contributed by atoms with Gasteiger partial charge in [-0.05, 0) is 13.3 Å². The number of hydrogen-bond acceptors (Lipinski definition) is 4. The number of halogens is 3. The largest absolute Gasteiger partial charge is 0.287 e. The minimum Gasteiger partial charge on any atom is -0.198 e. The van der Waals surface area contributed by atoms with E-state index in [1.807, 2.05) is 6.92 Å². The fourth-order valence-corrected chi connectivity index (χ4v) is 4.35. The molecule has 1 aliphatic heterocycles. The van der Waals surface area contributed by atoms with E-state index in [-0.39, 0.29) is 12.1 Å². The Morgan fingerprint density at radius 2 is 1.75 bits per heavy atom. The van der Waals surface area contributed by atoms with E-state index in [4.69, 9.17) is 39.1 Å². The molecule has 1 aliphatic rings. The first kappa shape index (κ1) is 18.8. The molecule has 0 saturated carbocycles. The summed E-state index contributed by atoms with van der Waals surface area (Å²) in [5, 5.41) is 1.48. The molecule has 0 amide bonds. The lowest BCUT2D eigenvalue weighted by molar-refractivity contribution is 0.0490. The highest BCUT2D eigenvalue weighted by atomic mass is 35.6. The minimum atomic E-state index is -3.85. The van der Waals surface area contributed by atoms with Crippen molar-refractivity contribution >= 4 is 44.9 Å². The number of alkyl halides is 3. The van der Waals surface area contributed by atoms with Gasteiger partial charge in [0.1, 0.15) is 5.75 Å². The zero-order valence-corrected chi connectivity index (χ0v) is 14.9. The Labute approximate surface area is 136 Å². The Balaban J connectivity index is 2.29. The quantitative estimate of drug-likeness (QED) is 0.351. The van der Waals surface area contributed by atoms with Gasteiger partial charge < -0.3 is 0 Å². The van der Waals surface area contributed by atoms with Crippen LogP contribution < -0.4 is 0 Å². The number of rotatable bonds is 9. The summed E-state index contributed by atoms with van der Waals surface area (Å²) < 4.78 is 26.5. The van der Waals surface area contributed by atoms with Crippen molar-refractivity contribution in [3.05, 3.63) is 0 Å². The van der Waals surface area contributed by atoms with Crippen molar-refractivity contribution in [2.45, 2.75) is 68.2 Å².